The lowest BCUT2D eigenvalue weighted by atomic mass is 10.0. The third kappa shape index (κ3) is 2.90. The molecule has 88 valence electrons. The molecule has 2 rings (SSSR count). The summed E-state index contributed by atoms with van der Waals surface area (Å²) in [6.45, 7) is 0. The van der Waals surface area contributed by atoms with Gasteiger partial charge in [-0.1, -0.05) is 40.2 Å². The predicted molar refractivity (Wildman–Crippen MR) is 75.9 cm³/mol. The van der Waals surface area contributed by atoms with Crippen LogP contribution in [0.25, 0.3) is 0 Å². The molecule has 0 aliphatic carbocycles. The van der Waals surface area contributed by atoms with Gasteiger partial charge in [-0.05, 0) is 45.3 Å². The highest BCUT2D eigenvalue weighted by molar-refractivity contribution is 9.10. The summed E-state index contributed by atoms with van der Waals surface area (Å²) in [4.78, 5) is 0. The van der Waals surface area contributed by atoms with Gasteiger partial charge in [0.25, 0.3) is 0 Å². The minimum absolute atomic E-state index is 0.287. The van der Waals surface area contributed by atoms with Gasteiger partial charge in [-0.2, -0.15) is 0 Å². The fraction of sp³-hybridized carbons (Fsp3) is 0.0769. The van der Waals surface area contributed by atoms with E-state index in [-0.39, 0.29) is 11.2 Å². The number of benzene rings is 2. The summed E-state index contributed by atoms with van der Waals surface area (Å²) in [5.41, 5.74) is 1.82. The SMILES string of the molecule is Fc1ccc(C(Cl)c2ccccc2Br)cc1Br. The van der Waals surface area contributed by atoms with Crippen molar-refractivity contribution in [3.63, 3.8) is 0 Å². The fourth-order valence-electron chi connectivity index (χ4n) is 1.53. The Morgan fingerprint density at radius 3 is 2.35 bits per heavy atom. The number of alkyl halides is 1. The lowest BCUT2D eigenvalue weighted by Gasteiger charge is -2.12. The van der Waals surface area contributed by atoms with E-state index >= 15 is 0 Å². The largest absolute Gasteiger partial charge is 0.206 e. The summed E-state index contributed by atoms with van der Waals surface area (Å²) in [7, 11) is 0. The summed E-state index contributed by atoms with van der Waals surface area (Å²) in [5.74, 6) is -0.287. The Morgan fingerprint density at radius 2 is 1.71 bits per heavy atom. The molecule has 0 bridgehead atoms. The lowest BCUT2D eigenvalue weighted by Crippen LogP contribution is -1.95. The molecule has 0 aliphatic heterocycles. The highest BCUT2D eigenvalue weighted by Crippen LogP contribution is 2.34. The lowest BCUT2D eigenvalue weighted by molar-refractivity contribution is 0.620. The van der Waals surface area contributed by atoms with Crippen LogP contribution in [0.2, 0.25) is 0 Å². The van der Waals surface area contributed by atoms with Crippen molar-refractivity contribution in [2.24, 2.45) is 0 Å². The van der Waals surface area contributed by atoms with Crippen molar-refractivity contribution >= 4 is 43.5 Å². The zero-order valence-corrected chi connectivity index (χ0v) is 12.6. The molecule has 0 nitrogen and oxygen atoms in total. The average molecular weight is 378 g/mol. The van der Waals surface area contributed by atoms with Crippen LogP contribution in [0.15, 0.2) is 51.4 Å². The monoisotopic (exact) mass is 376 g/mol. The molecule has 2 aromatic rings. The zero-order chi connectivity index (χ0) is 12.4. The molecule has 0 aliphatic rings. The van der Waals surface area contributed by atoms with Crippen molar-refractivity contribution in [1.82, 2.24) is 0 Å². The predicted octanol–water partition coefficient (Wildman–Crippen LogP) is 5.68. The van der Waals surface area contributed by atoms with E-state index in [0.29, 0.717) is 4.47 Å². The molecule has 0 fully saturated rings. The second kappa shape index (κ2) is 5.51. The van der Waals surface area contributed by atoms with Crippen LogP contribution < -0.4 is 0 Å². The van der Waals surface area contributed by atoms with Gasteiger partial charge < -0.3 is 0 Å². The summed E-state index contributed by atoms with van der Waals surface area (Å²) >= 11 is 13.0. The average Bonchev–Trinajstić information content (AvgIpc) is 2.32. The van der Waals surface area contributed by atoms with E-state index in [1.165, 1.54) is 6.07 Å². The molecule has 0 aromatic heterocycles. The fourth-order valence-corrected chi connectivity index (χ4v) is 2.90. The third-order valence-corrected chi connectivity index (χ3v) is 4.23. The second-order valence-corrected chi connectivity index (χ2v) is 5.70. The number of hydrogen-bond donors (Lipinski definition) is 0. The van der Waals surface area contributed by atoms with Crippen LogP contribution in [0, 0.1) is 5.82 Å². The van der Waals surface area contributed by atoms with Gasteiger partial charge in [0, 0.05) is 4.47 Å². The van der Waals surface area contributed by atoms with E-state index in [0.717, 1.165) is 15.6 Å². The highest BCUT2D eigenvalue weighted by Gasteiger charge is 2.14. The Bertz CT molecular complexity index is 543. The van der Waals surface area contributed by atoms with E-state index in [1.807, 2.05) is 24.3 Å². The topological polar surface area (TPSA) is 0 Å². The van der Waals surface area contributed by atoms with Crippen LogP contribution in [0.1, 0.15) is 16.5 Å². The molecule has 0 amide bonds. The summed E-state index contributed by atoms with van der Waals surface area (Å²) in [5, 5.41) is -0.303. The third-order valence-electron chi connectivity index (χ3n) is 2.41. The molecule has 0 heterocycles. The first-order valence-electron chi connectivity index (χ1n) is 4.93. The molecule has 1 atom stereocenters. The first kappa shape index (κ1) is 13.1. The van der Waals surface area contributed by atoms with Crippen LogP contribution in [-0.2, 0) is 0 Å². The van der Waals surface area contributed by atoms with Crippen molar-refractivity contribution in [2.75, 3.05) is 0 Å². The molecule has 0 spiro atoms. The van der Waals surface area contributed by atoms with E-state index in [4.69, 9.17) is 11.6 Å². The normalized spacial score (nSPS) is 12.5. The molecule has 0 saturated heterocycles. The smallest absolute Gasteiger partial charge is 0.137 e. The van der Waals surface area contributed by atoms with Crippen LogP contribution >= 0.6 is 43.5 Å². The Morgan fingerprint density at radius 1 is 1.00 bits per heavy atom. The first-order chi connectivity index (χ1) is 8.09. The van der Waals surface area contributed by atoms with Crippen molar-refractivity contribution < 1.29 is 4.39 Å². The molecular formula is C13H8Br2ClF. The van der Waals surface area contributed by atoms with Crippen molar-refractivity contribution in [3.05, 3.63) is 68.4 Å². The molecular weight excluding hydrogens is 370 g/mol. The Kier molecular flexibility index (Phi) is 4.23. The van der Waals surface area contributed by atoms with Crippen LogP contribution in [0.4, 0.5) is 4.39 Å². The van der Waals surface area contributed by atoms with E-state index in [1.54, 1.807) is 12.1 Å². The molecule has 0 N–H and O–H groups in total. The maximum Gasteiger partial charge on any atom is 0.137 e. The van der Waals surface area contributed by atoms with Crippen molar-refractivity contribution in [3.8, 4) is 0 Å². The maximum absolute atomic E-state index is 13.1. The van der Waals surface area contributed by atoms with Crippen molar-refractivity contribution in [1.29, 1.82) is 0 Å². The molecule has 17 heavy (non-hydrogen) atoms. The summed E-state index contributed by atoms with van der Waals surface area (Å²) < 4.78 is 14.5. The quantitative estimate of drug-likeness (QED) is 0.590. The number of hydrogen-bond acceptors (Lipinski definition) is 0. The maximum atomic E-state index is 13.1. The minimum atomic E-state index is -0.303. The number of rotatable bonds is 2. The Labute approximate surface area is 121 Å². The second-order valence-electron chi connectivity index (χ2n) is 3.56. The van der Waals surface area contributed by atoms with Crippen LogP contribution in [0.3, 0.4) is 0 Å². The molecule has 0 radical (unpaired) electrons. The van der Waals surface area contributed by atoms with Gasteiger partial charge in [-0.25, -0.2) is 4.39 Å². The molecule has 4 heteroatoms. The van der Waals surface area contributed by atoms with Crippen molar-refractivity contribution in [2.45, 2.75) is 5.38 Å². The van der Waals surface area contributed by atoms with Gasteiger partial charge in [0.1, 0.15) is 5.82 Å². The van der Waals surface area contributed by atoms with Gasteiger partial charge >= 0.3 is 0 Å². The van der Waals surface area contributed by atoms with E-state index in [9.17, 15) is 4.39 Å². The van der Waals surface area contributed by atoms with Crippen LogP contribution in [-0.4, -0.2) is 0 Å². The summed E-state index contributed by atoms with van der Waals surface area (Å²) in [6.07, 6.45) is 0. The van der Waals surface area contributed by atoms with Gasteiger partial charge in [-0.3, -0.25) is 0 Å². The van der Waals surface area contributed by atoms with Gasteiger partial charge in [0.15, 0.2) is 0 Å². The molecule has 0 saturated carbocycles. The zero-order valence-electron chi connectivity index (χ0n) is 8.63. The highest BCUT2D eigenvalue weighted by atomic mass is 79.9. The Hall–Kier alpha value is -0.380. The summed E-state index contributed by atoms with van der Waals surface area (Å²) in [6, 6.07) is 12.5. The minimum Gasteiger partial charge on any atom is -0.206 e. The standard InChI is InChI=1S/C13H8Br2ClF/c14-10-4-2-1-3-9(10)13(16)8-5-6-12(17)11(15)7-8/h1-7,13H. The first-order valence-corrected chi connectivity index (χ1v) is 6.95. The van der Waals surface area contributed by atoms with E-state index < -0.39 is 0 Å². The van der Waals surface area contributed by atoms with Gasteiger partial charge in [0.05, 0.1) is 9.85 Å². The van der Waals surface area contributed by atoms with Gasteiger partial charge in [-0.15, -0.1) is 11.6 Å². The van der Waals surface area contributed by atoms with Gasteiger partial charge in [0.2, 0.25) is 0 Å². The Balaban J connectivity index is 2.40. The van der Waals surface area contributed by atoms with E-state index in [2.05, 4.69) is 31.9 Å². The van der Waals surface area contributed by atoms with Crippen LogP contribution in [0.5, 0.6) is 0 Å². The number of halogens is 4. The molecule has 1 unspecified atom stereocenters. The molecule has 2 aromatic carbocycles.